The first-order valence-electron chi connectivity index (χ1n) is 11.0. The van der Waals surface area contributed by atoms with Crippen molar-refractivity contribution in [3.05, 3.63) is 96.4 Å². The highest BCUT2D eigenvalue weighted by Gasteiger charge is 2.52. The van der Waals surface area contributed by atoms with Gasteiger partial charge < -0.3 is 9.97 Å². The number of carbonyl (C=O) groups excluding carboxylic acids is 4. The molecule has 0 bridgehead atoms. The zero-order valence-corrected chi connectivity index (χ0v) is 18.4. The predicted molar refractivity (Wildman–Crippen MR) is 130 cm³/mol. The Bertz CT molecular complexity index is 1390. The molecular weight excluding hydrogens is 428 g/mol. The van der Waals surface area contributed by atoms with E-state index in [4.69, 9.17) is 0 Å². The van der Waals surface area contributed by atoms with Gasteiger partial charge in [-0.1, -0.05) is 48.6 Å². The minimum Gasteiger partial charge on any atom is -0.358 e. The highest BCUT2D eigenvalue weighted by Crippen LogP contribution is 2.40. The van der Waals surface area contributed by atoms with Gasteiger partial charge in [0.25, 0.3) is 0 Å². The number of H-pyrrole nitrogens is 2. The molecule has 0 amide bonds. The van der Waals surface area contributed by atoms with E-state index < -0.39 is 35.0 Å². The average Bonchev–Trinajstić information content (AvgIpc) is 3.37. The molecule has 0 spiro atoms. The Hall–Kier alpha value is -4.32. The molecule has 2 N–H and O–H groups in total. The minimum absolute atomic E-state index is 0.360. The molecule has 0 radical (unpaired) electrons. The number of allylic oxidation sites excluding steroid dienone is 2. The van der Waals surface area contributed by atoms with Gasteiger partial charge in [-0.15, -0.1) is 13.2 Å². The fourth-order valence-electron chi connectivity index (χ4n) is 5.04. The zero-order valence-electron chi connectivity index (χ0n) is 18.4. The van der Waals surface area contributed by atoms with Gasteiger partial charge >= 0.3 is 0 Å². The normalized spacial score (nSPS) is 18.7. The van der Waals surface area contributed by atoms with Crippen molar-refractivity contribution < 1.29 is 19.2 Å². The molecule has 1 aliphatic rings. The molecule has 6 nitrogen and oxygen atoms in total. The Labute approximate surface area is 195 Å². The number of benzene rings is 2. The molecule has 4 aromatic rings. The third-order valence-electron chi connectivity index (χ3n) is 6.46. The van der Waals surface area contributed by atoms with E-state index in [2.05, 4.69) is 23.1 Å². The number of fused-ring (bicyclic) bond motifs is 2. The summed E-state index contributed by atoms with van der Waals surface area (Å²) in [6.45, 7) is 7.49. The highest BCUT2D eigenvalue weighted by atomic mass is 16.2. The van der Waals surface area contributed by atoms with Crippen molar-refractivity contribution in [2.75, 3.05) is 0 Å². The first-order valence-corrected chi connectivity index (χ1v) is 11.0. The molecule has 6 heteroatoms. The van der Waals surface area contributed by atoms with Crippen LogP contribution in [0, 0.1) is 0 Å². The fraction of sp³-hybridized carbons (Fsp3) is 0.143. The summed E-state index contributed by atoms with van der Waals surface area (Å²) in [6.07, 6.45) is 4.01. The minimum atomic E-state index is -1.46. The van der Waals surface area contributed by atoms with Crippen LogP contribution in [0.5, 0.6) is 0 Å². The molecule has 2 heterocycles. The molecule has 0 unspecified atom stereocenters. The number of aromatic nitrogens is 2. The summed E-state index contributed by atoms with van der Waals surface area (Å²) in [4.78, 5) is 60.4. The molecule has 1 aliphatic carbocycles. The Kier molecular flexibility index (Phi) is 5.21. The molecule has 1 fully saturated rings. The average molecular weight is 450 g/mol. The molecule has 5 rings (SSSR count). The molecule has 1 saturated carbocycles. The fourth-order valence-corrected chi connectivity index (χ4v) is 5.04. The van der Waals surface area contributed by atoms with E-state index in [1.54, 1.807) is 36.4 Å². The van der Waals surface area contributed by atoms with Crippen molar-refractivity contribution in [3.63, 3.8) is 0 Å². The van der Waals surface area contributed by atoms with Crippen LogP contribution >= 0.6 is 0 Å². The molecule has 0 atom stereocenters. The number of ketones is 4. The van der Waals surface area contributed by atoms with Crippen molar-refractivity contribution in [1.29, 1.82) is 0 Å². The number of hydrogen-bond acceptors (Lipinski definition) is 4. The maximum Gasteiger partial charge on any atom is 0.214 e. The lowest BCUT2D eigenvalue weighted by molar-refractivity contribution is -0.150. The third kappa shape index (κ3) is 3.10. The monoisotopic (exact) mass is 450 g/mol. The van der Waals surface area contributed by atoms with Crippen molar-refractivity contribution >= 4 is 44.9 Å². The highest BCUT2D eigenvalue weighted by molar-refractivity contribution is 6.64. The Morgan fingerprint density at radius 2 is 0.971 bits per heavy atom. The van der Waals surface area contributed by atoms with Gasteiger partial charge in [0.05, 0.1) is 0 Å². The van der Waals surface area contributed by atoms with Gasteiger partial charge in [0.1, 0.15) is 11.8 Å². The van der Waals surface area contributed by atoms with Crippen LogP contribution in [-0.2, 0) is 32.0 Å². The molecule has 168 valence electrons. The summed E-state index contributed by atoms with van der Waals surface area (Å²) >= 11 is 0. The molecule has 2 aromatic carbocycles. The van der Waals surface area contributed by atoms with Crippen molar-refractivity contribution in [2.24, 2.45) is 0 Å². The molecule has 2 aromatic heterocycles. The number of carbonyl (C=O) groups is 4. The Balaban J connectivity index is 1.67. The molecule has 0 aliphatic heterocycles. The number of nitrogens with one attached hydrogen (secondary N) is 2. The predicted octanol–water partition coefficient (Wildman–Crippen LogP) is 4.26. The molecule has 34 heavy (non-hydrogen) atoms. The van der Waals surface area contributed by atoms with Crippen molar-refractivity contribution in [2.45, 2.75) is 24.7 Å². The number of Topliss-reactive ketones (excluding diaryl/α,β-unsaturated/α-hetero) is 4. The van der Waals surface area contributed by atoms with Gasteiger partial charge in [0, 0.05) is 46.0 Å². The topological polar surface area (TPSA) is 99.9 Å². The van der Waals surface area contributed by atoms with Crippen LogP contribution in [0.15, 0.2) is 73.8 Å². The Morgan fingerprint density at radius 3 is 1.32 bits per heavy atom. The first kappa shape index (κ1) is 21.5. The zero-order chi connectivity index (χ0) is 24.0. The number of rotatable bonds is 6. The number of para-hydroxylation sites is 2. The van der Waals surface area contributed by atoms with Gasteiger partial charge in [-0.25, -0.2) is 0 Å². The van der Waals surface area contributed by atoms with Gasteiger partial charge in [-0.05, 0) is 23.3 Å². The van der Waals surface area contributed by atoms with Crippen LogP contribution < -0.4 is 0 Å². The second-order valence-electron chi connectivity index (χ2n) is 8.43. The summed E-state index contributed by atoms with van der Waals surface area (Å²) in [5.41, 5.74) is 3.42. The van der Waals surface area contributed by atoms with Crippen LogP contribution in [0.3, 0.4) is 0 Å². The lowest BCUT2D eigenvalue weighted by atomic mass is 9.71. The molecular formula is C28H22N2O4. The molecule has 0 saturated heterocycles. The van der Waals surface area contributed by atoms with Gasteiger partial charge in [-0.3, -0.25) is 19.2 Å². The van der Waals surface area contributed by atoms with Crippen molar-refractivity contribution in [1.82, 2.24) is 9.97 Å². The second-order valence-corrected chi connectivity index (χ2v) is 8.43. The maximum absolute atomic E-state index is 13.5. The number of hydrogen-bond donors (Lipinski definition) is 2. The quantitative estimate of drug-likeness (QED) is 0.260. The van der Waals surface area contributed by atoms with E-state index in [1.807, 2.05) is 24.3 Å². The van der Waals surface area contributed by atoms with E-state index in [0.29, 0.717) is 46.1 Å². The Morgan fingerprint density at radius 1 is 0.618 bits per heavy atom. The summed E-state index contributed by atoms with van der Waals surface area (Å²) in [7, 11) is 0. The lowest BCUT2D eigenvalue weighted by Crippen LogP contribution is -2.46. The van der Waals surface area contributed by atoms with Gasteiger partial charge in [0.2, 0.25) is 23.1 Å². The number of aromatic amines is 2. The van der Waals surface area contributed by atoms with E-state index >= 15 is 0 Å². The lowest BCUT2D eigenvalue weighted by Gasteiger charge is -2.25. The van der Waals surface area contributed by atoms with Gasteiger partial charge in [0.15, 0.2) is 0 Å². The van der Waals surface area contributed by atoms with Crippen LogP contribution in [-0.4, -0.2) is 33.1 Å². The van der Waals surface area contributed by atoms with Gasteiger partial charge in [-0.2, -0.15) is 0 Å². The first-order chi connectivity index (χ1) is 16.5. The summed E-state index contributed by atoms with van der Waals surface area (Å²) in [5.74, 6) is -6.37. The summed E-state index contributed by atoms with van der Waals surface area (Å²) in [5, 5.41) is 1.29. The second kappa shape index (κ2) is 8.23. The van der Waals surface area contributed by atoms with E-state index in [9.17, 15) is 19.2 Å². The maximum atomic E-state index is 13.5. The third-order valence-corrected chi connectivity index (χ3v) is 6.46. The van der Waals surface area contributed by atoms with Crippen LogP contribution in [0.4, 0.5) is 0 Å². The van der Waals surface area contributed by atoms with Crippen LogP contribution in [0.2, 0.25) is 0 Å². The van der Waals surface area contributed by atoms with Crippen molar-refractivity contribution in [3.8, 4) is 0 Å². The van der Waals surface area contributed by atoms with E-state index in [0.717, 1.165) is 11.0 Å². The summed E-state index contributed by atoms with van der Waals surface area (Å²) < 4.78 is 0. The van der Waals surface area contributed by atoms with E-state index in [1.165, 1.54) is 0 Å². The van der Waals surface area contributed by atoms with E-state index in [-0.39, 0.29) is 0 Å². The standard InChI is InChI=1S/C28H22N2O4/c1-3-9-19-21(15-11-5-7-13-17(15)29-19)23-25(31)27(33)24(28(34)26(23)32)22-16-12-6-8-14-18(16)30-20(22)10-4-2/h3-8,11-14,23-24,29-30H,1-2,9-10H2. The summed E-state index contributed by atoms with van der Waals surface area (Å²) in [6, 6.07) is 14.4. The van der Waals surface area contributed by atoms with Crippen LogP contribution in [0.25, 0.3) is 21.8 Å². The smallest absolute Gasteiger partial charge is 0.214 e. The largest absolute Gasteiger partial charge is 0.358 e. The van der Waals surface area contributed by atoms with Crippen LogP contribution in [0.1, 0.15) is 34.4 Å². The SMILES string of the molecule is C=CCc1[nH]c2ccccc2c1C1C(=O)C(=O)C(c2c(CC=C)[nH]c3ccccc23)C(=O)C1=O.